The second-order valence-electron chi connectivity index (χ2n) is 8.29. The summed E-state index contributed by atoms with van der Waals surface area (Å²) in [5, 5.41) is 2.18. The highest BCUT2D eigenvalue weighted by atomic mass is 19.4. The largest absolute Gasteiger partial charge is 0.416 e. The molecule has 0 amide bonds. The van der Waals surface area contributed by atoms with Crippen molar-refractivity contribution in [3.05, 3.63) is 83.9 Å². The van der Waals surface area contributed by atoms with Gasteiger partial charge in [0.05, 0.1) is 11.1 Å². The van der Waals surface area contributed by atoms with E-state index in [0.717, 1.165) is 35.4 Å². The first-order valence-electron chi connectivity index (χ1n) is 10.3. The Bertz CT molecular complexity index is 1600. The zero-order chi connectivity index (χ0) is 23.8. The van der Waals surface area contributed by atoms with E-state index in [-0.39, 0.29) is 0 Å². The molecule has 34 heavy (non-hydrogen) atoms. The smallest absolute Gasteiger partial charge is 0.355 e. The number of aromatic nitrogens is 2. The van der Waals surface area contributed by atoms with Gasteiger partial charge in [-0.25, -0.2) is 0 Å². The topological polar surface area (TPSA) is 31.6 Å². The summed E-state index contributed by atoms with van der Waals surface area (Å²) in [7, 11) is 0. The van der Waals surface area contributed by atoms with Crippen LogP contribution >= 0.6 is 0 Å². The second-order valence-corrected chi connectivity index (χ2v) is 8.29. The lowest BCUT2D eigenvalue weighted by Crippen LogP contribution is -2.03. The second kappa shape index (κ2) is 6.79. The van der Waals surface area contributed by atoms with Gasteiger partial charge in [0.15, 0.2) is 0 Å². The number of hydrogen-bond acceptors (Lipinski definition) is 0. The molecule has 0 aliphatic heterocycles. The van der Waals surface area contributed by atoms with Gasteiger partial charge in [-0.05, 0) is 71.8 Å². The van der Waals surface area contributed by atoms with E-state index < -0.39 is 23.5 Å². The zero-order valence-electron chi connectivity index (χ0n) is 17.2. The van der Waals surface area contributed by atoms with Crippen molar-refractivity contribution < 1.29 is 26.3 Å². The molecule has 0 atom stereocenters. The minimum Gasteiger partial charge on any atom is -0.355 e. The molecule has 4 aromatic carbocycles. The molecule has 2 N–H and O–H groups in total. The lowest BCUT2D eigenvalue weighted by atomic mass is 10.00. The SMILES string of the molecule is FC(F)(F)c1ccc2[nH]c3ccc(-c4ccc5[nH]c6ccc(C(F)(F)F)cc6c5c4)cc3c2c1. The zero-order valence-corrected chi connectivity index (χ0v) is 17.2. The fourth-order valence-electron chi connectivity index (χ4n) is 4.51. The summed E-state index contributed by atoms with van der Waals surface area (Å²) in [5.41, 5.74) is 2.60. The van der Waals surface area contributed by atoms with E-state index in [0.29, 0.717) is 43.6 Å². The van der Waals surface area contributed by atoms with Gasteiger partial charge in [0.1, 0.15) is 0 Å². The van der Waals surface area contributed by atoms with E-state index in [1.165, 1.54) is 12.1 Å². The summed E-state index contributed by atoms with van der Waals surface area (Å²) < 4.78 is 79.4. The number of alkyl halides is 6. The molecule has 0 spiro atoms. The van der Waals surface area contributed by atoms with Gasteiger partial charge < -0.3 is 9.97 Å². The average Bonchev–Trinajstić information content (AvgIpc) is 3.34. The molecule has 2 heterocycles. The Balaban J connectivity index is 1.53. The van der Waals surface area contributed by atoms with Crippen LogP contribution < -0.4 is 0 Å². The normalized spacial score (nSPS) is 13.0. The number of aromatic amines is 2. The molecular weight excluding hydrogens is 454 g/mol. The standard InChI is InChI=1S/C26H14F6N2/c27-25(28,29)15-3-7-23-19(11-15)17-9-13(1-5-21(17)33-23)14-2-6-22-18(10-14)20-12-16(26(30,31)32)4-8-24(20)34-22/h1-12,33-34H. The van der Waals surface area contributed by atoms with Gasteiger partial charge in [-0.3, -0.25) is 0 Å². The summed E-state index contributed by atoms with van der Waals surface area (Å²) in [6.45, 7) is 0. The number of hydrogen-bond donors (Lipinski definition) is 2. The van der Waals surface area contributed by atoms with E-state index in [2.05, 4.69) is 9.97 Å². The van der Waals surface area contributed by atoms with Crippen LogP contribution in [0.15, 0.2) is 72.8 Å². The minimum absolute atomic E-state index is 0.453. The van der Waals surface area contributed by atoms with E-state index in [1.807, 2.05) is 12.1 Å². The highest BCUT2D eigenvalue weighted by Gasteiger charge is 2.31. The van der Waals surface area contributed by atoms with Crippen molar-refractivity contribution in [2.45, 2.75) is 12.4 Å². The van der Waals surface area contributed by atoms with Gasteiger partial charge in [0.2, 0.25) is 0 Å². The molecular formula is C26H14F6N2. The van der Waals surface area contributed by atoms with E-state index in [4.69, 9.17) is 0 Å². The predicted octanol–water partition coefficient (Wildman–Crippen LogP) is 8.66. The molecule has 6 aromatic rings. The van der Waals surface area contributed by atoms with Crippen LogP contribution in [0.5, 0.6) is 0 Å². The van der Waals surface area contributed by atoms with Gasteiger partial charge in [0, 0.05) is 43.6 Å². The Morgan fingerprint density at radius 1 is 0.412 bits per heavy atom. The van der Waals surface area contributed by atoms with E-state index >= 15 is 0 Å². The van der Waals surface area contributed by atoms with Gasteiger partial charge in [-0.15, -0.1) is 0 Å². The van der Waals surface area contributed by atoms with Crippen molar-refractivity contribution in [2.75, 3.05) is 0 Å². The Kier molecular flexibility index (Phi) is 4.12. The van der Waals surface area contributed by atoms with Gasteiger partial charge in [0.25, 0.3) is 0 Å². The molecule has 0 unspecified atom stereocenters. The molecule has 8 heteroatoms. The van der Waals surface area contributed by atoms with Gasteiger partial charge >= 0.3 is 12.4 Å². The Morgan fingerprint density at radius 3 is 1.09 bits per heavy atom. The predicted molar refractivity (Wildman–Crippen MR) is 121 cm³/mol. The van der Waals surface area contributed by atoms with Crippen LogP contribution in [0.25, 0.3) is 54.7 Å². The summed E-state index contributed by atoms with van der Waals surface area (Å²) in [6.07, 6.45) is -8.91. The molecule has 170 valence electrons. The fraction of sp³-hybridized carbons (Fsp3) is 0.0769. The highest BCUT2D eigenvalue weighted by Crippen LogP contribution is 2.38. The number of benzene rings is 4. The fourth-order valence-corrected chi connectivity index (χ4v) is 4.51. The summed E-state index contributed by atoms with van der Waals surface area (Å²) in [4.78, 5) is 6.25. The van der Waals surface area contributed by atoms with Crippen LogP contribution in [-0.4, -0.2) is 9.97 Å². The lowest BCUT2D eigenvalue weighted by molar-refractivity contribution is -0.138. The molecule has 0 bridgehead atoms. The number of fused-ring (bicyclic) bond motifs is 6. The summed E-state index contributed by atoms with van der Waals surface area (Å²) in [6, 6.07) is 18.0. The van der Waals surface area contributed by atoms with Crippen molar-refractivity contribution in [1.82, 2.24) is 9.97 Å². The molecule has 0 radical (unpaired) electrons. The first-order chi connectivity index (χ1) is 16.1. The quantitative estimate of drug-likeness (QED) is 0.226. The monoisotopic (exact) mass is 468 g/mol. The maximum atomic E-state index is 13.2. The van der Waals surface area contributed by atoms with Gasteiger partial charge in [-0.1, -0.05) is 12.1 Å². The Morgan fingerprint density at radius 2 is 0.735 bits per heavy atom. The summed E-state index contributed by atoms with van der Waals surface area (Å²) >= 11 is 0. The van der Waals surface area contributed by atoms with E-state index in [1.54, 1.807) is 24.3 Å². The first-order valence-corrected chi connectivity index (χ1v) is 10.3. The third-order valence-corrected chi connectivity index (χ3v) is 6.19. The van der Waals surface area contributed by atoms with Crippen molar-refractivity contribution in [1.29, 1.82) is 0 Å². The van der Waals surface area contributed by atoms with Crippen LogP contribution in [0, 0.1) is 0 Å². The highest BCUT2D eigenvalue weighted by molar-refractivity contribution is 6.11. The average molecular weight is 468 g/mol. The molecule has 0 fully saturated rings. The Hall–Kier alpha value is -3.94. The Labute approximate surface area is 187 Å². The van der Waals surface area contributed by atoms with Crippen LogP contribution in [0.2, 0.25) is 0 Å². The van der Waals surface area contributed by atoms with E-state index in [9.17, 15) is 26.3 Å². The molecule has 6 rings (SSSR count). The number of H-pyrrole nitrogens is 2. The van der Waals surface area contributed by atoms with Crippen molar-refractivity contribution in [3.8, 4) is 11.1 Å². The number of nitrogens with one attached hydrogen (secondary N) is 2. The molecule has 0 aliphatic carbocycles. The van der Waals surface area contributed by atoms with Crippen molar-refractivity contribution in [2.24, 2.45) is 0 Å². The molecule has 2 aromatic heterocycles. The molecule has 2 nitrogen and oxygen atoms in total. The maximum absolute atomic E-state index is 13.2. The van der Waals surface area contributed by atoms with Crippen LogP contribution in [-0.2, 0) is 12.4 Å². The van der Waals surface area contributed by atoms with Crippen molar-refractivity contribution in [3.63, 3.8) is 0 Å². The summed E-state index contributed by atoms with van der Waals surface area (Å²) in [5.74, 6) is 0. The van der Waals surface area contributed by atoms with Crippen LogP contribution in [0.1, 0.15) is 11.1 Å². The third kappa shape index (κ3) is 3.21. The molecule has 0 saturated carbocycles. The molecule has 0 aliphatic rings. The maximum Gasteiger partial charge on any atom is 0.416 e. The van der Waals surface area contributed by atoms with Gasteiger partial charge in [-0.2, -0.15) is 26.3 Å². The number of halogens is 6. The minimum atomic E-state index is -4.45. The lowest BCUT2D eigenvalue weighted by Gasteiger charge is -2.07. The number of rotatable bonds is 1. The third-order valence-electron chi connectivity index (χ3n) is 6.19. The van der Waals surface area contributed by atoms with Crippen LogP contribution in [0.4, 0.5) is 26.3 Å². The molecule has 0 saturated heterocycles. The van der Waals surface area contributed by atoms with Crippen molar-refractivity contribution >= 4 is 43.6 Å². The first kappa shape index (κ1) is 20.7. The van der Waals surface area contributed by atoms with Crippen LogP contribution in [0.3, 0.4) is 0 Å².